The van der Waals surface area contributed by atoms with Crippen LogP contribution in [0.25, 0.3) is 0 Å². The van der Waals surface area contributed by atoms with Crippen LogP contribution in [0.1, 0.15) is 41.9 Å². The smallest absolute Gasteiger partial charge is 0.242 e. The van der Waals surface area contributed by atoms with Gasteiger partial charge in [-0.05, 0) is 81.7 Å². The fourth-order valence-electron chi connectivity index (χ4n) is 5.98. The monoisotopic (exact) mass is 467 g/mol. The molecule has 2 aliphatic rings. The summed E-state index contributed by atoms with van der Waals surface area (Å²) < 4.78 is 0. The highest BCUT2D eigenvalue weighted by Gasteiger charge is 2.51. The molecule has 4 heteroatoms. The lowest BCUT2D eigenvalue weighted by atomic mass is 9.72. The average Bonchev–Trinajstić information content (AvgIpc) is 3.15. The molecule has 0 bridgehead atoms. The van der Waals surface area contributed by atoms with Crippen molar-refractivity contribution in [2.75, 3.05) is 51.7 Å². The van der Waals surface area contributed by atoms with Gasteiger partial charge in [-0.2, -0.15) is 0 Å². The summed E-state index contributed by atoms with van der Waals surface area (Å²) in [6, 6.07) is 29.8. The molecule has 1 unspecified atom stereocenters. The fraction of sp³-hybridized carbons (Fsp3) is 0.387. The summed E-state index contributed by atoms with van der Waals surface area (Å²) in [4.78, 5) is 21.0. The number of carbonyl (C=O) groups is 1. The third-order valence-corrected chi connectivity index (χ3v) is 7.96. The number of amides is 1. The number of carbonyl (C=O) groups excluding carboxylic acids is 1. The van der Waals surface area contributed by atoms with E-state index in [1.54, 1.807) is 0 Å². The number of hydrogen-bond donors (Lipinski definition) is 0. The van der Waals surface area contributed by atoms with Crippen molar-refractivity contribution in [3.63, 3.8) is 0 Å². The van der Waals surface area contributed by atoms with E-state index in [9.17, 15) is 4.79 Å². The summed E-state index contributed by atoms with van der Waals surface area (Å²) >= 11 is 0. The number of nitrogens with zero attached hydrogens (tertiary/aromatic N) is 3. The van der Waals surface area contributed by atoms with E-state index < -0.39 is 5.41 Å². The summed E-state index contributed by atoms with van der Waals surface area (Å²) in [5, 5.41) is 0. The van der Waals surface area contributed by atoms with Gasteiger partial charge < -0.3 is 14.7 Å². The zero-order chi connectivity index (χ0) is 24.3. The first-order chi connectivity index (χ1) is 17.1. The van der Waals surface area contributed by atoms with E-state index in [4.69, 9.17) is 0 Å². The summed E-state index contributed by atoms with van der Waals surface area (Å²) in [5.41, 5.74) is 4.19. The molecule has 1 atom stereocenters. The molecule has 1 saturated heterocycles. The third kappa shape index (κ3) is 4.65. The highest BCUT2D eigenvalue weighted by atomic mass is 16.2. The molecule has 5 rings (SSSR count). The maximum absolute atomic E-state index is 14.3. The van der Waals surface area contributed by atoms with Gasteiger partial charge in [0.1, 0.15) is 5.41 Å². The van der Waals surface area contributed by atoms with Gasteiger partial charge in [0, 0.05) is 18.8 Å². The van der Waals surface area contributed by atoms with Crippen LogP contribution < -0.4 is 4.90 Å². The van der Waals surface area contributed by atoms with Crippen LogP contribution in [-0.4, -0.2) is 62.5 Å². The third-order valence-electron chi connectivity index (χ3n) is 7.96. The largest absolute Gasteiger partial charge is 0.310 e. The van der Waals surface area contributed by atoms with Crippen LogP contribution in [0, 0.1) is 0 Å². The first-order valence-electron chi connectivity index (χ1n) is 13.0. The highest BCUT2D eigenvalue weighted by molar-refractivity contribution is 6.10. The lowest BCUT2D eigenvalue weighted by Gasteiger charge is -2.36. The Morgan fingerprint density at radius 3 is 2.14 bits per heavy atom. The van der Waals surface area contributed by atoms with Gasteiger partial charge in [0.05, 0.1) is 0 Å². The second-order valence-corrected chi connectivity index (χ2v) is 10.3. The number of benzene rings is 3. The van der Waals surface area contributed by atoms with Crippen molar-refractivity contribution in [2.45, 2.75) is 30.6 Å². The van der Waals surface area contributed by atoms with E-state index in [1.807, 2.05) is 11.0 Å². The molecule has 0 saturated carbocycles. The van der Waals surface area contributed by atoms with Crippen LogP contribution in [0.2, 0.25) is 0 Å². The molecular weight excluding hydrogens is 430 g/mol. The van der Waals surface area contributed by atoms with Crippen molar-refractivity contribution >= 4 is 11.6 Å². The quantitative estimate of drug-likeness (QED) is 0.458. The van der Waals surface area contributed by atoms with Crippen molar-refractivity contribution in [1.82, 2.24) is 9.80 Å². The summed E-state index contributed by atoms with van der Waals surface area (Å²) in [7, 11) is 4.13. The van der Waals surface area contributed by atoms with E-state index in [-0.39, 0.29) is 5.91 Å². The van der Waals surface area contributed by atoms with Crippen LogP contribution in [-0.2, 0) is 10.2 Å². The molecule has 1 fully saturated rings. The molecular formula is C31H37N3O. The normalized spacial score (nSPS) is 21.0. The van der Waals surface area contributed by atoms with Crippen molar-refractivity contribution in [3.8, 4) is 0 Å². The van der Waals surface area contributed by atoms with E-state index in [2.05, 4.69) is 103 Å². The SMILES string of the molecule is CN(C)CCN1C(=O)C(CCN2CCC(c3ccccc3)CC2)(c2ccccc2)c2ccccc21. The Morgan fingerprint density at radius 2 is 1.46 bits per heavy atom. The van der Waals surface area contributed by atoms with Gasteiger partial charge in [0.25, 0.3) is 0 Å². The molecule has 2 aliphatic heterocycles. The molecule has 0 spiro atoms. The van der Waals surface area contributed by atoms with Gasteiger partial charge in [0.15, 0.2) is 0 Å². The zero-order valence-electron chi connectivity index (χ0n) is 21.1. The van der Waals surface area contributed by atoms with E-state index in [1.165, 1.54) is 18.4 Å². The van der Waals surface area contributed by atoms with Gasteiger partial charge in [-0.1, -0.05) is 78.9 Å². The minimum absolute atomic E-state index is 0.228. The Morgan fingerprint density at radius 1 is 0.829 bits per heavy atom. The number of piperidine rings is 1. The second-order valence-electron chi connectivity index (χ2n) is 10.3. The number of likely N-dealkylation sites (tertiary alicyclic amines) is 1. The molecule has 4 nitrogen and oxygen atoms in total. The number of likely N-dealkylation sites (N-methyl/N-ethyl adjacent to an activating group) is 1. The first kappa shape index (κ1) is 23.8. The topological polar surface area (TPSA) is 26.8 Å². The first-order valence-corrected chi connectivity index (χ1v) is 13.0. The summed E-state index contributed by atoms with van der Waals surface area (Å²) in [6.07, 6.45) is 3.17. The number of anilines is 1. The number of fused-ring (bicyclic) bond motifs is 1. The van der Waals surface area contributed by atoms with E-state index in [0.717, 1.165) is 49.4 Å². The molecule has 182 valence electrons. The van der Waals surface area contributed by atoms with Crippen LogP contribution in [0.5, 0.6) is 0 Å². The Kier molecular flexibility index (Phi) is 7.03. The minimum Gasteiger partial charge on any atom is -0.310 e. The van der Waals surface area contributed by atoms with Crippen molar-refractivity contribution < 1.29 is 4.79 Å². The molecule has 0 aromatic heterocycles. The summed E-state index contributed by atoms with van der Waals surface area (Å²) in [5.74, 6) is 0.872. The molecule has 35 heavy (non-hydrogen) atoms. The maximum Gasteiger partial charge on any atom is 0.242 e. The van der Waals surface area contributed by atoms with Gasteiger partial charge in [-0.15, -0.1) is 0 Å². The number of rotatable bonds is 8. The summed E-state index contributed by atoms with van der Waals surface area (Å²) in [6.45, 7) is 4.66. The van der Waals surface area contributed by atoms with Gasteiger partial charge >= 0.3 is 0 Å². The van der Waals surface area contributed by atoms with E-state index in [0.29, 0.717) is 12.5 Å². The van der Waals surface area contributed by atoms with Crippen LogP contribution in [0.3, 0.4) is 0 Å². The standard InChI is InChI=1S/C31H37N3O/c1-32(2)23-24-34-29-16-10-9-15-28(29)31(30(34)35,27-13-7-4-8-14-27)19-22-33-20-17-26(18-21-33)25-11-5-3-6-12-25/h3-16,26H,17-24H2,1-2H3. The predicted octanol–water partition coefficient (Wildman–Crippen LogP) is 5.15. The molecule has 0 radical (unpaired) electrons. The molecule has 0 N–H and O–H groups in total. The fourth-order valence-corrected chi connectivity index (χ4v) is 5.98. The molecule has 2 heterocycles. The van der Waals surface area contributed by atoms with Crippen molar-refractivity contribution in [2.24, 2.45) is 0 Å². The van der Waals surface area contributed by atoms with Gasteiger partial charge in [0.2, 0.25) is 5.91 Å². The predicted molar refractivity (Wildman–Crippen MR) is 144 cm³/mol. The average molecular weight is 468 g/mol. The molecule has 3 aromatic rings. The van der Waals surface area contributed by atoms with Gasteiger partial charge in [-0.25, -0.2) is 0 Å². The zero-order valence-corrected chi connectivity index (χ0v) is 21.1. The second kappa shape index (κ2) is 10.3. The maximum atomic E-state index is 14.3. The van der Waals surface area contributed by atoms with E-state index >= 15 is 0 Å². The Balaban J connectivity index is 1.39. The minimum atomic E-state index is -0.625. The number of para-hydroxylation sites is 1. The Hall–Kier alpha value is -2.95. The molecule has 1 amide bonds. The Labute approximate surface area is 210 Å². The van der Waals surface area contributed by atoms with Crippen molar-refractivity contribution in [1.29, 1.82) is 0 Å². The molecule has 3 aromatic carbocycles. The Bertz CT molecular complexity index is 1120. The highest BCUT2D eigenvalue weighted by Crippen LogP contribution is 2.48. The lowest BCUT2D eigenvalue weighted by molar-refractivity contribution is -0.122. The number of hydrogen-bond acceptors (Lipinski definition) is 3. The van der Waals surface area contributed by atoms with Crippen LogP contribution >= 0.6 is 0 Å². The van der Waals surface area contributed by atoms with Gasteiger partial charge in [-0.3, -0.25) is 4.79 Å². The van der Waals surface area contributed by atoms with Crippen LogP contribution in [0.4, 0.5) is 5.69 Å². The van der Waals surface area contributed by atoms with Crippen molar-refractivity contribution in [3.05, 3.63) is 102 Å². The molecule has 0 aliphatic carbocycles. The lowest BCUT2D eigenvalue weighted by Crippen LogP contribution is -2.46. The van der Waals surface area contributed by atoms with Crippen LogP contribution in [0.15, 0.2) is 84.9 Å².